The monoisotopic (exact) mass is 640 g/mol. The minimum atomic E-state index is 0. The van der Waals surface area contributed by atoms with Gasteiger partial charge in [-0.05, 0) is 51.4 Å². The Morgan fingerprint density at radius 1 is 0.278 bits per heavy atom. The highest BCUT2D eigenvalue weighted by Crippen LogP contribution is 2.14. The highest BCUT2D eigenvalue weighted by Gasteiger charge is 2.14. The molecule has 0 radical (unpaired) electrons. The number of hydrogen-bond acceptors (Lipinski definition) is 0. The Balaban J connectivity index is -0.00000544. The third kappa shape index (κ3) is 31.1. The smallest absolute Gasteiger partial charge is 0.0782 e. The van der Waals surface area contributed by atoms with Crippen molar-refractivity contribution in [3.63, 3.8) is 0 Å². The molecule has 0 saturated carbocycles. The Labute approximate surface area is 251 Å². The summed E-state index contributed by atoms with van der Waals surface area (Å²) < 4.78 is 2.48. The fourth-order valence-electron chi connectivity index (χ4n) is 5.36. The minimum Gasteiger partial charge on any atom is -1.00 e. The van der Waals surface area contributed by atoms with Gasteiger partial charge in [0.1, 0.15) is 0 Å². The second-order valence-corrected chi connectivity index (χ2v) is 12.8. The molecule has 4 heteroatoms. The van der Waals surface area contributed by atoms with Gasteiger partial charge in [-0.25, -0.2) is 0 Å². The van der Waals surface area contributed by atoms with Crippen LogP contribution in [0.5, 0.6) is 0 Å². The van der Waals surface area contributed by atoms with Crippen molar-refractivity contribution < 1.29 is 42.9 Å². The Morgan fingerprint density at radius 3 is 0.639 bits per heavy atom. The van der Waals surface area contributed by atoms with Crippen molar-refractivity contribution in [1.29, 1.82) is 0 Å². The molecule has 0 aliphatic carbocycles. The van der Waals surface area contributed by atoms with Crippen LogP contribution in [-0.4, -0.2) is 63.3 Å². The maximum Gasteiger partial charge on any atom is 0.0782 e. The van der Waals surface area contributed by atoms with Crippen molar-refractivity contribution in [1.82, 2.24) is 0 Å². The van der Waals surface area contributed by atoms with Crippen LogP contribution in [0.2, 0.25) is 0 Å². The summed E-state index contributed by atoms with van der Waals surface area (Å²) in [6, 6.07) is 0. The Bertz CT molecular complexity index is 375. The Hall–Kier alpha value is 0.880. The largest absolute Gasteiger partial charge is 1.00 e. The molecule has 0 aliphatic heterocycles. The molecule has 0 fully saturated rings. The van der Waals surface area contributed by atoms with Crippen LogP contribution < -0.4 is 34.0 Å². The van der Waals surface area contributed by atoms with Gasteiger partial charge in [0.2, 0.25) is 0 Å². The molecule has 2 nitrogen and oxygen atoms in total. The van der Waals surface area contributed by atoms with E-state index in [9.17, 15) is 0 Å². The third-order valence-electron chi connectivity index (χ3n) is 8.01. The summed E-state index contributed by atoms with van der Waals surface area (Å²) >= 11 is 0. The van der Waals surface area contributed by atoms with Crippen LogP contribution in [0.25, 0.3) is 0 Å². The normalized spacial score (nSPS) is 11.8. The molecule has 0 bridgehead atoms. The van der Waals surface area contributed by atoms with Crippen molar-refractivity contribution in [2.45, 2.75) is 155 Å². The average molecular weight is 643 g/mol. The van der Waals surface area contributed by atoms with E-state index in [1.807, 2.05) is 0 Å². The van der Waals surface area contributed by atoms with Gasteiger partial charge in [-0.3, -0.25) is 0 Å². The van der Waals surface area contributed by atoms with E-state index >= 15 is 0 Å². The van der Waals surface area contributed by atoms with E-state index in [2.05, 4.69) is 42.0 Å². The second kappa shape index (κ2) is 28.9. The van der Waals surface area contributed by atoms with Gasteiger partial charge in [-0.1, -0.05) is 104 Å². The van der Waals surface area contributed by atoms with Gasteiger partial charge >= 0.3 is 0 Å². The fraction of sp³-hybridized carbons (Fsp3) is 1.00. The van der Waals surface area contributed by atoms with Gasteiger partial charge in [-0.15, -0.1) is 0 Å². The Kier molecular flexibility index (Phi) is 33.2. The van der Waals surface area contributed by atoms with Crippen LogP contribution in [0.4, 0.5) is 0 Å². The van der Waals surface area contributed by atoms with Crippen molar-refractivity contribution in [3.8, 4) is 0 Å². The molecule has 0 N–H and O–H groups in total. The number of rotatable bonds is 27. The van der Waals surface area contributed by atoms with Crippen molar-refractivity contribution in [2.24, 2.45) is 0 Å². The van der Waals surface area contributed by atoms with E-state index in [1.165, 1.54) is 176 Å². The predicted molar refractivity (Wildman–Crippen MR) is 157 cm³/mol. The van der Waals surface area contributed by atoms with E-state index < -0.39 is 0 Å². The topological polar surface area (TPSA) is 0 Å². The number of hydrogen-bond donors (Lipinski definition) is 0. The summed E-state index contributed by atoms with van der Waals surface area (Å²) in [4.78, 5) is 0. The van der Waals surface area contributed by atoms with E-state index in [1.54, 1.807) is 0 Å². The first-order valence-electron chi connectivity index (χ1n) is 16.0. The zero-order chi connectivity index (χ0) is 25.4. The summed E-state index contributed by atoms with van der Waals surface area (Å²) in [7, 11) is 9.78. The summed E-state index contributed by atoms with van der Waals surface area (Å²) in [5.74, 6) is 0. The fourth-order valence-corrected chi connectivity index (χ4v) is 5.36. The summed E-state index contributed by atoms with van der Waals surface area (Å²) in [5.41, 5.74) is 0. The molecule has 0 atom stereocenters. The van der Waals surface area contributed by atoms with Crippen LogP contribution in [0, 0.1) is 0 Å². The first kappa shape index (κ1) is 41.4. The zero-order valence-corrected chi connectivity index (χ0v) is 29.2. The van der Waals surface area contributed by atoms with Crippen LogP contribution in [0.15, 0.2) is 0 Å². The van der Waals surface area contributed by atoms with Crippen LogP contribution in [0.1, 0.15) is 155 Å². The molecular formula is C32H70Br2N2. The van der Waals surface area contributed by atoms with E-state index in [0.717, 1.165) is 0 Å². The van der Waals surface area contributed by atoms with Gasteiger partial charge in [0.05, 0.1) is 54.4 Å². The van der Waals surface area contributed by atoms with Gasteiger partial charge in [-0.2, -0.15) is 0 Å². The molecule has 0 heterocycles. The van der Waals surface area contributed by atoms with E-state index in [4.69, 9.17) is 0 Å². The highest BCUT2D eigenvalue weighted by molar-refractivity contribution is 4.50. The second-order valence-electron chi connectivity index (χ2n) is 12.8. The highest BCUT2D eigenvalue weighted by atomic mass is 79.9. The first-order chi connectivity index (χ1) is 16.3. The lowest BCUT2D eigenvalue weighted by molar-refractivity contribution is -0.890. The van der Waals surface area contributed by atoms with Crippen molar-refractivity contribution >= 4 is 0 Å². The van der Waals surface area contributed by atoms with Crippen LogP contribution in [0.3, 0.4) is 0 Å². The predicted octanol–water partition coefficient (Wildman–Crippen LogP) is 3.77. The SMILES string of the molecule is CCCCCCCC[N+](C)(C)CCCCCCCCCCCC[N+](C)(C)CCCCCCCC.[Br-].[Br-]. The zero-order valence-electron chi connectivity index (χ0n) is 26.0. The number of nitrogens with zero attached hydrogens (tertiary/aromatic N) is 2. The molecule has 0 amide bonds. The molecular weight excluding hydrogens is 572 g/mol. The average Bonchev–Trinajstić information content (AvgIpc) is 2.79. The molecule has 0 aromatic heterocycles. The van der Waals surface area contributed by atoms with Gasteiger partial charge in [0, 0.05) is 0 Å². The first-order valence-corrected chi connectivity index (χ1v) is 16.0. The summed E-state index contributed by atoms with van der Waals surface area (Å²) in [6.45, 7) is 10.1. The van der Waals surface area contributed by atoms with Gasteiger partial charge in [0.25, 0.3) is 0 Å². The lowest BCUT2D eigenvalue weighted by atomic mass is 10.1. The number of quaternary nitrogens is 2. The van der Waals surface area contributed by atoms with Crippen molar-refractivity contribution in [2.75, 3.05) is 54.4 Å². The standard InChI is InChI=1S/C32H70N2.2BrH/c1-7-9-11-13-21-25-29-33(3,4)31-27-23-19-17-15-16-18-20-24-28-32-34(5,6)30-26-22-14-12-10-8-2;;/h7-32H2,1-6H3;2*1H/q+2;;/p-2. The molecule has 222 valence electrons. The number of unbranched alkanes of at least 4 members (excludes halogenated alkanes) is 19. The molecule has 0 aromatic carbocycles. The van der Waals surface area contributed by atoms with Gasteiger partial charge < -0.3 is 42.9 Å². The van der Waals surface area contributed by atoms with Crippen molar-refractivity contribution in [3.05, 3.63) is 0 Å². The molecule has 0 rings (SSSR count). The lowest BCUT2D eigenvalue weighted by Crippen LogP contribution is -3.00. The maximum atomic E-state index is 2.45. The summed E-state index contributed by atoms with van der Waals surface area (Å²) in [6.07, 6.45) is 31.6. The van der Waals surface area contributed by atoms with Crippen LogP contribution >= 0.6 is 0 Å². The quantitative estimate of drug-likeness (QED) is 0.0947. The molecule has 0 spiro atoms. The molecule has 0 aliphatic rings. The lowest BCUT2D eigenvalue weighted by Gasteiger charge is -2.30. The van der Waals surface area contributed by atoms with E-state index in [0.29, 0.717) is 0 Å². The van der Waals surface area contributed by atoms with Crippen LogP contribution in [-0.2, 0) is 0 Å². The number of halogens is 2. The van der Waals surface area contributed by atoms with Gasteiger partial charge in [0.15, 0.2) is 0 Å². The summed E-state index contributed by atoms with van der Waals surface area (Å²) in [5, 5.41) is 0. The maximum absolute atomic E-state index is 2.45. The molecule has 0 unspecified atom stereocenters. The molecule has 36 heavy (non-hydrogen) atoms. The van der Waals surface area contributed by atoms with E-state index in [-0.39, 0.29) is 34.0 Å². The molecule has 0 saturated heterocycles. The minimum absolute atomic E-state index is 0. The molecule has 0 aromatic rings. The third-order valence-corrected chi connectivity index (χ3v) is 8.01. The Morgan fingerprint density at radius 2 is 0.444 bits per heavy atom.